The Morgan fingerprint density at radius 3 is 2.88 bits per heavy atom. The molecule has 1 aromatic rings. The minimum atomic E-state index is -0.548. The van der Waals surface area contributed by atoms with Crippen molar-refractivity contribution in [2.24, 2.45) is 5.73 Å². The second kappa shape index (κ2) is 4.82. The number of aliphatic hydroxyl groups excluding tert-OH is 1. The van der Waals surface area contributed by atoms with Crippen molar-refractivity contribution in [2.45, 2.75) is 18.6 Å². The van der Waals surface area contributed by atoms with E-state index in [1.54, 1.807) is 18.2 Å². The van der Waals surface area contributed by atoms with E-state index in [9.17, 15) is 9.90 Å². The summed E-state index contributed by atoms with van der Waals surface area (Å²) in [6.45, 7) is 0. The van der Waals surface area contributed by atoms with E-state index in [4.69, 9.17) is 5.73 Å². The van der Waals surface area contributed by atoms with Crippen LogP contribution in [-0.4, -0.2) is 24.3 Å². The van der Waals surface area contributed by atoms with Gasteiger partial charge < -0.3 is 15.6 Å². The van der Waals surface area contributed by atoms with E-state index in [-0.39, 0.29) is 24.4 Å². The number of ether oxygens (including phenoxy) is 1. The van der Waals surface area contributed by atoms with Gasteiger partial charge >= 0.3 is 5.97 Å². The number of aliphatic hydroxyl groups is 1. The first-order valence-electron chi connectivity index (χ1n) is 4.78. The Labute approximate surface area is 99.8 Å². The monoisotopic (exact) mass is 243 g/mol. The number of benzene rings is 1. The molecule has 0 fully saturated rings. The van der Waals surface area contributed by atoms with E-state index in [1.807, 2.05) is 0 Å². The second-order valence-corrected chi connectivity index (χ2v) is 3.70. The fourth-order valence-electron chi connectivity index (χ4n) is 1.91. The van der Waals surface area contributed by atoms with Gasteiger partial charge in [0.05, 0.1) is 24.8 Å². The molecule has 1 aliphatic carbocycles. The standard InChI is InChI=1S/C11H13NO3.ClH/c1-15-11(14)6-2-3-8-7(4-6)5-9(13)10(8)12;/h2-4,9-10,13H,5,12H2,1H3;1H/t9-,10?;/m1./s1. The van der Waals surface area contributed by atoms with Crippen molar-refractivity contribution < 1.29 is 14.6 Å². The zero-order valence-electron chi connectivity index (χ0n) is 8.84. The minimum absolute atomic E-state index is 0. The molecule has 4 nitrogen and oxygen atoms in total. The van der Waals surface area contributed by atoms with Gasteiger partial charge in [-0.05, 0) is 23.3 Å². The van der Waals surface area contributed by atoms with E-state index in [0.29, 0.717) is 12.0 Å². The van der Waals surface area contributed by atoms with Crippen molar-refractivity contribution >= 4 is 18.4 Å². The van der Waals surface area contributed by atoms with Gasteiger partial charge in [-0.2, -0.15) is 0 Å². The largest absolute Gasteiger partial charge is 0.465 e. The molecule has 88 valence electrons. The van der Waals surface area contributed by atoms with Crippen LogP contribution in [0.1, 0.15) is 27.5 Å². The van der Waals surface area contributed by atoms with Crippen molar-refractivity contribution in [1.29, 1.82) is 0 Å². The number of esters is 1. The molecule has 16 heavy (non-hydrogen) atoms. The van der Waals surface area contributed by atoms with Crippen LogP contribution < -0.4 is 5.73 Å². The van der Waals surface area contributed by atoms with Crippen LogP contribution in [0.15, 0.2) is 18.2 Å². The number of nitrogens with two attached hydrogens (primary N) is 1. The van der Waals surface area contributed by atoms with Crippen LogP contribution >= 0.6 is 12.4 Å². The molecule has 1 aromatic carbocycles. The van der Waals surface area contributed by atoms with Crippen LogP contribution in [0, 0.1) is 0 Å². The molecule has 0 radical (unpaired) electrons. The van der Waals surface area contributed by atoms with Crippen LogP contribution in [0.4, 0.5) is 0 Å². The highest BCUT2D eigenvalue weighted by Gasteiger charge is 2.28. The van der Waals surface area contributed by atoms with Gasteiger partial charge in [0.2, 0.25) is 0 Å². The summed E-state index contributed by atoms with van der Waals surface area (Å²) < 4.78 is 4.62. The Morgan fingerprint density at radius 1 is 1.56 bits per heavy atom. The third kappa shape index (κ3) is 2.04. The van der Waals surface area contributed by atoms with Gasteiger partial charge in [-0.1, -0.05) is 6.07 Å². The molecule has 5 heteroatoms. The van der Waals surface area contributed by atoms with E-state index >= 15 is 0 Å². The van der Waals surface area contributed by atoms with Gasteiger partial charge in [0.25, 0.3) is 0 Å². The molecule has 3 N–H and O–H groups in total. The highest BCUT2D eigenvalue weighted by atomic mass is 35.5. The molecule has 0 spiro atoms. The molecule has 0 bridgehead atoms. The molecule has 0 aromatic heterocycles. The van der Waals surface area contributed by atoms with Crippen LogP contribution in [-0.2, 0) is 11.2 Å². The van der Waals surface area contributed by atoms with E-state index in [0.717, 1.165) is 11.1 Å². The number of carbonyl (C=O) groups is 1. The zero-order chi connectivity index (χ0) is 11.0. The maximum absolute atomic E-state index is 11.3. The summed E-state index contributed by atoms with van der Waals surface area (Å²) in [5, 5.41) is 9.56. The molecule has 0 heterocycles. The van der Waals surface area contributed by atoms with Gasteiger partial charge in [-0.15, -0.1) is 12.4 Å². The second-order valence-electron chi connectivity index (χ2n) is 3.70. The lowest BCUT2D eigenvalue weighted by atomic mass is 10.1. The van der Waals surface area contributed by atoms with E-state index in [2.05, 4.69) is 4.74 Å². The van der Waals surface area contributed by atoms with Crippen molar-refractivity contribution in [3.05, 3.63) is 34.9 Å². The highest BCUT2D eigenvalue weighted by molar-refractivity contribution is 5.89. The molecular weight excluding hydrogens is 230 g/mol. The first kappa shape index (κ1) is 13.0. The van der Waals surface area contributed by atoms with Crippen molar-refractivity contribution in [1.82, 2.24) is 0 Å². The lowest BCUT2D eigenvalue weighted by molar-refractivity contribution is 0.0600. The molecule has 0 saturated carbocycles. The average molecular weight is 244 g/mol. The summed E-state index contributed by atoms with van der Waals surface area (Å²) in [6, 6.07) is 4.84. The third-order valence-electron chi connectivity index (χ3n) is 2.77. The number of halogens is 1. The predicted octanol–water partition coefficient (Wildman–Crippen LogP) is 0.812. The van der Waals surface area contributed by atoms with Crippen LogP contribution in [0.3, 0.4) is 0 Å². The number of rotatable bonds is 1. The summed E-state index contributed by atoms with van der Waals surface area (Å²) in [5.41, 5.74) is 8.12. The van der Waals surface area contributed by atoms with Gasteiger partial charge in [0.1, 0.15) is 0 Å². The maximum atomic E-state index is 11.3. The van der Waals surface area contributed by atoms with Crippen molar-refractivity contribution in [3.8, 4) is 0 Å². The number of fused-ring (bicyclic) bond motifs is 1. The Balaban J connectivity index is 0.00000128. The first-order valence-corrected chi connectivity index (χ1v) is 4.78. The van der Waals surface area contributed by atoms with E-state index < -0.39 is 6.10 Å². The molecule has 1 unspecified atom stereocenters. The molecule has 0 amide bonds. The summed E-state index contributed by atoms with van der Waals surface area (Å²) in [5.74, 6) is -0.368. The minimum Gasteiger partial charge on any atom is -0.465 e. The summed E-state index contributed by atoms with van der Waals surface area (Å²) in [4.78, 5) is 11.3. The number of methoxy groups -OCH3 is 1. The van der Waals surface area contributed by atoms with Gasteiger partial charge in [-0.25, -0.2) is 4.79 Å². The summed E-state index contributed by atoms with van der Waals surface area (Å²) >= 11 is 0. The predicted molar refractivity (Wildman–Crippen MR) is 61.7 cm³/mol. The van der Waals surface area contributed by atoms with Crippen LogP contribution in [0.5, 0.6) is 0 Å². The fraction of sp³-hybridized carbons (Fsp3) is 0.364. The third-order valence-corrected chi connectivity index (χ3v) is 2.77. The fourth-order valence-corrected chi connectivity index (χ4v) is 1.91. The Hall–Kier alpha value is -1.10. The summed E-state index contributed by atoms with van der Waals surface area (Å²) in [6.07, 6.45) is -0.0469. The van der Waals surface area contributed by atoms with Crippen LogP contribution in [0.2, 0.25) is 0 Å². The molecular formula is C11H14ClNO3. The molecule has 0 aliphatic heterocycles. The van der Waals surface area contributed by atoms with Crippen molar-refractivity contribution in [3.63, 3.8) is 0 Å². The van der Waals surface area contributed by atoms with Gasteiger partial charge in [-0.3, -0.25) is 0 Å². The molecule has 0 saturated heterocycles. The number of carbonyl (C=O) groups excluding carboxylic acids is 1. The lowest BCUT2D eigenvalue weighted by Gasteiger charge is -2.08. The van der Waals surface area contributed by atoms with Gasteiger partial charge in [0, 0.05) is 6.42 Å². The zero-order valence-corrected chi connectivity index (χ0v) is 9.66. The normalized spacial score (nSPS) is 22.2. The molecule has 2 rings (SSSR count). The first-order chi connectivity index (χ1) is 7.13. The van der Waals surface area contributed by atoms with Crippen LogP contribution in [0.25, 0.3) is 0 Å². The Kier molecular flexibility index (Phi) is 3.91. The SMILES string of the molecule is COC(=O)c1ccc2c(c1)C[C@@H](O)C2N.Cl. The summed E-state index contributed by atoms with van der Waals surface area (Å²) in [7, 11) is 1.34. The average Bonchev–Trinajstić information content (AvgIpc) is 2.53. The highest BCUT2D eigenvalue weighted by Crippen LogP contribution is 2.30. The van der Waals surface area contributed by atoms with Crippen molar-refractivity contribution in [2.75, 3.05) is 7.11 Å². The smallest absolute Gasteiger partial charge is 0.337 e. The molecule has 2 atom stereocenters. The number of hydrogen-bond donors (Lipinski definition) is 2. The lowest BCUT2D eigenvalue weighted by Crippen LogP contribution is -2.21. The molecule has 1 aliphatic rings. The Morgan fingerprint density at radius 2 is 2.25 bits per heavy atom. The quantitative estimate of drug-likeness (QED) is 0.716. The Bertz CT molecular complexity index is 408. The maximum Gasteiger partial charge on any atom is 0.337 e. The van der Waals surface area contributed by atoms with E-state index in [1.165, 1.54) is 7.11 Å². The number of hydrogen-bond acceptors (Lipinski definition) is 4. The topological polar surface area (TPSA) is 72.5 Å². The van der Waals surface area contributed by atoms with Gasteiger partial charge in [0.15, 0.2) is 0 Å².